The molecular formula is C34H32ClF2N7O2. The zero-order chi connectivity index (χ0) is 32.4. The molecule has 3 N–H and O–H groups in total. The molecule has 2 aromatic heterocycles. The van der Waals surface area contributed by atoms with Crippen molar-refractivity contribution in [2.75, 3.05) is 18.4 Å². The van der Waals surface area contributed by atoms with E-state index in [0.29, 0.717) is 45.7 Å². The van der Waals surface area contributed by atoms with Crippen LogP contribution in [0.5, 0.6) is 0 Å². The van der Waals surface area contributed by atoms with Crippen LogP contribution in [0.25, 0.3) is 22.1 Å². The number of imidazole rings is 2. The number of hydrogen-bond acceptors (Lipinski definition) is 5. The Kier molecular flexibility index (Phi) is 8.96. The van der Waals surface area contributed by atoms with E-state index in [0.717, 1.165) is 49.0 Å². The maximum Gasteiger partial charge on any atom is 0.323 e. The maximum atomic E-state index is 14.6. The van der Waals surface area contributed by atoms with Crippen molar-refractivity contribution >= 4 is 52.0 Å². The number of hydrogen-bond donors (Lipinski definition) is 3. The van der Waals surface area contributed by atoms with Gasteiger partial charge in [-0.15, -0.1) is 0 Å². The topological polar surface area (TPSA) is 111 Å². The van der Waals surface area contributed by atoms with Crippen LogP contribution in [-0.4, -0.2) is 50.1 Å². The molecule has 1 aliphatic rings. The number of H-pyrrole nitrogens is 2. The predicted octanol–water partition coefficient (Wildman–Crippen LogP) is 6.52. The number of carbonyl (C=O) groups excluding carboxylic acids is 1. The number of aromatic nitrogens is 4. The number of anilines is 1. The lowest BCUT2D eigenvalue weighted by Gasteiger charge is -2.31. The first-order chi connectivity index (χ1) is 22.2. The molecule has 0 spiro atoms. The monoisotopic (exact) mass is 643 g/mol. The molecule has 46 heavy (non-hydrogen) atoms. The van der Waals surface area contributed by atoms with Crippen LogP contribution in [0.15, 0.2) is 82.2 Å². The third-order valence-electron chi connectivity index (χ3n) is 8.40. The lowest BCUT2D eigenvalue weighted by molar-refractivity contribution is 0.102. The normalized spacial score (nSPS) is 14.9. The van der Waals surface area contributed by atoms with Gasteiger partial charge in [0, 0.05) is 35.3 Å². The summed E-state index contributed by atoms with van der Waals surface area (Å²) < 4.78 is 30.6. The van der Waals surface area contributed by atoms with E-state index >= 15 is 0 Å². The first-order valence-corrected chi connectivity index (χ1v) is 15.2. The fourth-order valence-corrected chi connectivity index (χ4v) is 5.99. The number of amides is 1. The molecule has 0 saturated carbocycles. The Labute approximate surface area is 268 Å². The highest BCUT2D eigenvalue weighted by Gasteiger charge is 2.23. The van der Waals surface area contributed by atoms with E-state index in [1.54, 1.807) is 24.3 Å². The van der Waals surface area contributed by atoms with Crippen molar-refractivity contribution < 1.29 is 13.6 Å². The lowest BCUT2D eigenvalue weighted by atomic mass is 9.93. The number of nitrogens with zero attached hydrogens (tertiary/aromatic N) is 4. The molecule has 0 radical (unpaired) electrons. The quantitative estimate of drug-likeness (QED) is 0.125. The summed E-state index contributed by atoms with van der Waals surface area (Å²) in [7, 11) is 1.95. The number of aliphatic imine (C=N–C) groups is 1. The van der Waals surface area contributed by atoms with Gasteiger partial charge in [0.1, 0.15) is 17.5 Å². The highest BCUT2D eigenvalue weighted by Crippen LogP contribution is 2.27. The molecule has 0 atom stereocenters. The summed E-state index contributed by atoms with van der Waals surface area (Å²) in [5.41, 5.74) is 3.60. The Bertz CT molecular complexity index is 2070. The van der Waals surface area contributed by atoms with Crippen LogP contribution >= 0.6 is 11.6 Å². The highest BCUT2D eigenvalue weighted by atomic mass is 35.5. The summed E-state index contributed by atoms with van der Waals surface area (Å²) in [6, 6.07) is 12.4. The van der Waals surface area contributed by atoms with E-state index in [2.05, 4.69) is 31.9 Å². The predicted molar refractivity (Wildman–Crippen MR) is 177 cm³/mol. The third kappa shape index (κ3) is 6.70. The molecule has 6 rings (SSSR count). The standard InChI is InChI=1S/C34H32ClF2N7O2/c1-38-26(6-4-3-5-20-7-9-23(35)16-24(20)36)21-11-13-44(14-12-21)19-32-39-30-15-22(8-10-31(30)43(32)2)33(45)40-27-18-29-28(17-25(27)37)41-34(46)42-29/h3-4,6-10,15-18,21H,1,5,11-14,19H2,2H3,(H,40,45)(H2,41,42,46)/b4-3-,26-6-. The van der Waals surface area contributed by atoms with Gasteiger partial charge in [0.2, 0.25) is 0 Å². The molecule has 9 nitrogen and oxygen atoms in total. The minimum Gasteiger partial charge on any atom is -0.330 e. The number of fused-ring (bicyclic) bond motifs is 2. The zero-order valence-corrected chi connectivity index (χ0v) is 25.9. The Balaban J connectivity index is 1.07. The fraction of sp³-hybridized carbons (Fsp3) is 0.235. The van der Waals surface area contributed by atoms with Gasteiger partial charge in [0.05, 0.1) is 34.3 Å². The van der Waals surface area contributed by atoms with Crippen LogP contribution in [0.2, 0.25) is 5.02 Å². The second-order valence-corrected chi connectivity index (χ2v) is 11.8. The van der Waals surface area contributed by atoms with Gasteiger partial charge >= 0.3 is 5.69 Å². The molecule has 3 heterocycles. The van der Waals surface area contributed by atoms with Crippen molar-refractivity contribution in [1.82, 2.24) is 24.4 Å². The van der Waals surface area contributed by atoms with Crippen molar-refractivity contribution in [1.29, 1.82) is 0 Å². The Hall–Kier alpha value is -4.87. The van der Waals surface area contributed by atoms with Crippen LogP contribution in [0.3, 0.4) is 0 Å². The number of aromatic amines is 2. The van der Waals surface area contributed by atoms with Crippen LogP contribution in [0, 0.1) is 17.6 Å². The molecule has 5 aromatic rings. The average Bonchev–Trinajstić information content (AvgIpc) is 3.55. The van der Waals surface area contributed by atoms with Crippen molar-refractivity contribution in [3.05, 3.63) is 117 Å². The minimum atomic E-state index is -0.658. The number of allylic oxidation sites excluding steroid dienone is 4. The number of aryl methyl sites for hydroxylation is 1. The molecule has 0 aliphatic carbocycles. The summed E-state index contributed by atoms with van der Waals surface area (Å²) in [6.45, 7) is 6.13. The van der Waals surface area contributed by atoms with Gasteiger partial charge in [0.15, 0.2) is 0 Å². The number of likely N-dealkylation sites (tertiary alicyclic amines) is 1. The van der Waals surface area contributed by atoms with Crippen molar-refractivity contribution in [2.24, 2.45) is 18.0 Å². The van der Waals surface area contributed by atoms with E-state index in [-0.39, 0.29) is 17.4 Å². The molecule has 12 heteroatoms. The minimum absolute atomic E-state index is 0.0352. The van der Waals surface area contributed by atoms with Gasteiger partial charge in [-0.25, -0.2) is 18.6 Å². The number of nitrogens with one attached hydrogen (secondary N) is 3. The van der Waals surface area contributed by atoms with E-state index in [4.69, 9.17) is 16.6 Å². The molecule has 3 aromatic carbocycles. The molecule has 1 saturated heterocycles. The second kappa shape index (κ2) is 13.2. The summed E-state index contributed by atoms with van der Waals surface area (Å²) in [4.78, 5) is 41.0. The smallest absolute Gasteiger partial charge is 0.323 e. The van der Waals surface area contributed by atoms with Crippen molar-refractivity contribution in [3.8, 4) is 0 Å². The summed E-state index contributed by atoms with van der Waals surface area (Å²) in [6.07, 6.45) is 8.04. The van der Waals surface area contributed by atoms with E-state index in [1.807, 2.05) is 35.9 Å². The molecule has 1 aliphatic heterocycles. The van der Waals surface area contributed by atoms with E-state index in [9.17, 15) is 18.4 Å². The van der Waals surface area contributed by atoms with E-state index < -0.39 is 17.4 Å². The fourth-order valence-electron chi connectivity index (χ4n) is 5.83. The van der Waals surface area contributed by atoms with Crippen molar-refractivity contribution in [3.63, 3.8) is 0 Å². The van der Waals surface area contributed by atoms with Gasteiger partial charge in [-0.05, 0) is 87.1 Å². The molecular weight excluding hydrogens is 612 g/mol. The summed E-state index contributed by atoms with van der Waals surface area (Å²) in [5, 5.41) is 2.97. The first-order valence-electron chi connectivity index (χ1n) is 14.9. The van der Waals surface area contributed by atoms with E-state index in [1.165, 1.54) is 12.1 Å². The van der Waals surface area contributed by atoms with Gasteiger partial charge in [-0.1, -0.05) is 29.8 Å². The molecule has 1 fully saturated rings. The number of rotatable bonds is 9. The SMILES string of the molecule is C=N/C(=C\C=C/Cc1ccc(Cl)cc1F)C1CCN(Cc2nc3cc(C(=O)Nc4cc5[nH]c(=O)[nH]c5cc4F)ccc3n2C)CC1. The highest BCUT2D eigenvalue weighted by molar-refractivity contribution is 6.30. The average molecular weight is 644 g/mol. The van der Waals surface area contributed by atoms with Crippen LogP contribution in [0.1, 0.15) is 34.6 Å². The van der Waals surface area contributed by atoms with Crippen molar-refractivity contribution in [2.45, 2.75) is 25.8 Å². The summed E-state index contributed by atoms with van der Waals surface area (Å²) >= 11 is 5.84. The maximum absolute atomic E-state index is 14.6. The Morgan fingerprint density at radius 3 is 2.61 bits per heavy atom. The lowest BCUT2D eigenvalue weighted by Crippen LogP contribution is -2.34. The number of carbonyl (C=O) groups is 1. The summed E-state index contributed by atoms with van der Waals surface area (Å²) in [5.74, 6) is -0.321. The number of halogens is 3. The largest absolute Gasteiger partial charge is 0.330 e. The number of benzene rings is 3. The first kappa shape index (κ1) is 31.1. The Morgan fingerprint density at radius 2 is 1.87 bits per heavy atom. The van der Waals surface area contributed by atoms with Gasteiger partial charge in [0.25, 0.3) is 5.91 Å². The number of piperidine rings is 1. The molecule has 236 valence electrons. The van der Waals surface area contributed by atoms with Gasteiger partial charge in [-0.3, -0.25) is 14.7 Å². The molecule has 0 unspecified atom stereocenters. The van der Waals surface area contributed by atoms with Gasteiger partial charge in [-0.2, -0.15) is 0 Å². The zero-order valence-electron chi connectivity index (χ0n) is 25.1. The molecule has 0 bridgehead atoms. The van der Waals surface area contributed by atoms with Crippen LogP contribution in [0.4, 0.5) is 14.5 Å². The second-order valence-electron chi connectivity index (χ2n) is 11.4. The van der Waals surface area contributed by atoms with Gasteiger partial charge < -0.3 is 19.9 Å². The third-order valence-corrected chi connectivity index (χ3v) is 8.63. The van der Waals surface area contributed by atoms with Crippen LogP contribution < -0.4 is 11.0 Å². The Morgan fingerprint density at radius 1 is 1.11 bits per heavy atom. The molecule has 1 amide bonds. The van der Waals surface area contributed by atoms with Crippen LogP contribution in [-0.2, 0) is 20.0 Å².